The van der Waals surface area contributed by atoms with E-state index < -0.39 is 5.97 Å². The van der Waals surface area contributed by atoms with Crippen molar-refractivity contribution in [1.29, 1.82) is 0 Å². The topological polar surface area (TPSA) is 58.6 Å². The summed E-state index contributed by atoms with van der Waals surface area (Å²) in [6, 6.07) is 9.60. The average molecular weight is 277 g/mol. The van der Waals surface area contributed by atoms with Gasteiger partial charge in [0.05, 0.1) is 7.11 Å². The van der Waals surface area contributed by atoms with Crippen LogP contribution in [0.25, 0.3) is 0 Å². The lowest BCUT2D eigenvalue weighted by molar-refractivity contribution is 0.0701. The van der Waals surface area contributed by atoms with E-state index in [-0.39, 0.29) is 0 Å². The van der Waals surface area contributed by atoms with E-state index in [2.05, 4.69) is 5.32 Å². The molecule has 0 atom stereocenters. The van der Waals surface area contributed by atoms with Crippen LogP contribution in [0.15, 0.2) is 35.7 Å². The fourth-order valence-corrected chi connectivity index (χ4v) is 2.60. The van der Waals surface area contributed by atoms with Crippen molar-refractivity contribution >= 4 is 17.3 Å². The first-order valence-electron chi connectivity index (χ1n) is 5.84. The molecule has 2 aromatic rings. The summed E-state index contributed by atoms with van der Waals surface area (Å²) in [5, 5.41) is 14.0. The molecular formula is C14H15NO3S. The van der Waals surface area contributed by atoms with Gasteiger partial charge in [-0.3, -0.25) is 0 Å². The SMILES string of the molecule is COc1ccccc1CNCc1ccsc1C(=O)O. The fourth-order valence-electron chi connectivity index (χ4n) is 1.84. The average Bonchev–Trinajstić information content (AvgIpc) is 2.88. The highest BCUT2D eigenvalue weighted by Crippen LogP contribution is 2.19. The second-order valence-electron chi connectivity index (χ2n) is 4.00. The number of benzene rings is 1. The van der Waals surface area contributed by atoms with Crippen molar-refractivity contribution in [2.24, 2.45) is 0 Å². The van der Waals surface area contributed by atoms with Gasteiger partial charge in [0.1, 0.15) is 10.6 Å². The molecule has 0 aliphatic heterocycles. The highest BCUT2D eigenvalue weighted by atomic mass is 32.1. The first kappa shape index (κ1) is 13.6. The van der Waals surface area contributed by atoms with Gasteiger partial charge in [0.15, 0.2) is 0 Å². The maximum Gasteiger partial charge on any atom is 0.346 e. The predicted octanol–water partition coefficient (Wildman–Crippen LogP) is 2.74. The molecule has 1 aromatic heterocycles. The van der Waals surface area contributed by atoms with Crippen LogP contribution in [0.5, 0.6) is 5.75 Å². The number of aromatic carboxylic acids is 1. The van der Waals surface area contributed by atoms with Crippen molar-refractivity contribution in [3.05, 3.63) is 51.7 Å². The van der Waals surface area contributed by atoms with Gasteiger partial charge in [-0.1, -0.05) is 18.2 Å². The van der Waals surface area contributed by atoms with Gasteiger partial charge in [-0.25, -0.2) is 4.79 Å². The van der Waals surface area contributed by atoms with E-state index in [0.29, 0.717) is 18.0 Å². The molecule has 0 aliphatic carbocycles. The van der Waals surface area contributed by atoms with Crippen LogP contribution in [-0.4, -0.2) is 18.2 Å². The highest BCUT2D eigenvalue weighted by Gasteiger charge is 2.11. The van der Waals surface area contributed by atoms with Crippen molar-refractivity contribution in [1.82, 2.24) is 5.32 Å². The zero-order chi connectivity index (χ0) is 13.7. The smallest absolute Gasteiger partial charge is 0.346 e. The van der Waals surface area contributed by atoms with Crippen LogP contribution < -0.4 is 10.1 Å². The van der Waals surface area contributed by atoms with Crippen molar-refractivity contribution in [2.75, 3.05) is 7.11 Å². The summed E-state index contributed by atoms with van der Waals surface area (Å²) < 4.78 is 5.26. The normalized spacial score (nSPS) is 10.4. The molecule has 0 bridgehead atoms. The van der Waals surface area contributed by atoms with Gasteiger partial charge in [0, 0.05) is 18.7 Å². The highest BCUT2D eigenvalue weighted by molar-refractivity contribution is 7.12. The Morgan fingerprint density at radius 3 is 2.74 bits per heavy atom. The van der Waals surface area contributed by atoms with Crippen LogP contribution in [0.3, 0.4) is 0 Å². The summed E-state index contributed by atoms with van der Waals surface area (Å²) in [6.07, 6.45) is 0. The minimum absolute atomic E-state index is 0.396. The third-order valence-electron chi connectivity index (χ3n) is 2.76. The van der Waals surface area contributed by atoms with Gasteiger partial charge in [-0.05, 0) is 23.1 Å². The Hall–Kier alpha value is -1.85. The van der Waals surface area contributed by atoms with Crippen molar-refractivity contribution in [2.45, 2.75) is 13.1 Å². The van der Waals surface area contributed by atoms with Crippen LogP contribution >= 0.6 is 11.3 Å². The quantitative estimate of drug-likeness (QED) is 0.852. The van der Waals surface area contributed by atoms with Crippen LogP contribution in [0.2, 0.25) is 0 Å². The second kappa shape index (κ2) is 6.36. The van der Waals surface area contributed by atoms with Gasteiger partial charge in [-0.15, -0.1) is 11.3 Å². The Bertz CT molecular complexity index is 565. The molecule has 2 N–H and O–H groups in total. The number of thiophene rings is 1. The molecule has 0 unspecified atom stereocenters. The maximum atomic E-state index is 11.0. The monoisotopic (exact) mass is 277 g/mol. The van der Waals surface area contributed by atoms with Crippen LogP contribution in [-0.2, 0) is 13.1 Å². The van der Waals surface area contributed by atoms with Crippen LogP contribution in [0, 0.1) is 0 Å². The summed E-state index contributed by atoms with van der Waals surface area (Å²) >= 11 is 1.25. The van der Waals surface area contributed by atoms with Gasteiger partial charge in [-0.2, -0.15) is 0 Å². The third-order valence-corrected chi connectivity index (χ3v) is 3.71. The van der Waals surface area contributed by atoms with Crippen LogP contribution in [0.4, 0.5) is 0 Å². The molecule has 2 rings (SSSR count). The molecule has 1 aromatic carbocycles. The zero-order valence-electron chi connectivity index (χ0n) is 10.6. The van der Waals surface area contributed by atoms with E-state index >= 15 is 0 Å². The van der Waals surface area contributed by atoms with Crippen LogP contribution in [0.1, 0.15) is 20.8 Å². The first-order valence-corrected chi connectivity index (χ1v) is 6.72. The molecule has 100 valence electrons. The lowest BCUT2D eigenvalue weighted by atomic mass is 10.2. The molecule has 0 saturated heterocycles. The lowest BCUT2D eigenvalue weighted by Gasteiger charge is -2.09. The second-order valence-corrected chi connectivity index (χ2v) is 4.91. The molecule has 0 fully saturated rings. The molecule has 0 amide bonds. The number of hydrogen-bond donors (Lipinski definition) is 2. The molecule has 5 heteroatoms. The summed E-state index contributed by atoms with van der Waals surface area (Å²) in [6.45, 7) is 1.17. The number of carbonyl (C=O) groups is 1. The number of nitrogens with one attached hydrogen (secondary N) is 1. The number of ether oxygens (including phenoxy) is 1. The summed E-state index contributed by atoms with van der Waals surface area (Å²) in [4.78, 5) is 11.4. The zero-order valence-corrected chi connectivity index (χ0v) is 11.4. The molecule has 19 heavy (non-hydrogen) atoms. The van der Waals surface area contributed by atoms with Gasteiger partial charge in [0.2, 0.25) is 0 Å². The van der Waals surface area contributed by atoms with E-state index in [1.807, 2.05) is 30.3 Å². The van der Waals surface area contributed by atoms with E-state index in [4.69, 9.17) is 9.84 Å². The van der Waals surface area contributed by atoms with Crippen molar-refractivity contribution in [3.8, 4) is 5.75 Å². The first-order chi connectivity index (χ1) is 9.22. The Labute approximate surface area is 115 Å². The number of methoxy groups -OCH3 is 1. The summed E-state index contributed by atoms with van der Waals surface area (Å²) in [5.41, 5.74) is 1.87. The molecule has 1 heterocycles. The standard InChI is InChI=1S/C14H15NO3S/c1-18-12-5-3-2-4-10(12)8-15-9-11-6-7-19-13(11)14(16)17/h2-7,15H,8-9H2,1H3,(H,16,17). The maximum absolute atomic E-state index is 11.0. The minimum atomic E-state index is -0.871. The summed E-state index contributed by atoms with van der Waals surface area (Å²) in [5.74, 6) is -0.0390. The number of para-hydroxylation sites is 1. The Morgan fingerprint density at radius 1 is 1.26 bits per heavy atom. The third kappa shape index (κ3) is 3.33. The number of carboxylic acid groups (broad SMARTS) is 1. The van der Waals surface area contributed by atoms with Gasteiger partial charge < -0.3 is 15.2 Å². The molecule has 0 spiro atoms. The lowest BCUT2D eigenvalue weighted by Crippen LogP contribution is -2.14. The van der Waals surface area contributed by atoms with Gasteiger partial charge >= 0.3 is 5.97 Å². The Morgan fingerprint density at radius 2 is 2.00 bits per heavy atom. The van der Waals surface area contributed by atoms with Crippen molar-refractivity contribution in [3.63, 3.8) is 0 Å². The molecule has 0 radical (unpaired) electrons. The summed E-state index contributed by atoms with van der Waals surface area (Å²) in [7, 11) is 1.64. The Kier molecular flexibility index (Phi) is 4.54. The number of hydrogen-bond acceptors (Lipinski definition) is 4. The fraction of sp³-hybridized carbons (Fsp3) is 0.214. The molecular weight excluding hydrogens is 262 g/mol. The minimum Gasteiger partial charge on any atom is -0.496 e. The van der Waals surface area contributed by atoms with Gasteiger partial charge in [0.25, 0.3) is 0 Å². The molecule has 4 nitrogen and oxygen atoms in total. The largest absolute Gasteiger partial charge is 0.496 e. The van der Waals surface area contributed by atoms with E-state index in [1.165, 1.54) is 11.3 Å². The Balaban J connectivity index is 1.96. The van der Waals surface area contributed by atoms with E-state index in [9.17, 15) is 4.79 Å². The molecule has 0 aliphatic rings. The number of carboxylic acids is 1. The van der Waals surface area contributed by atoms with E-state index in [1.54, 1.807) is 12.5 Å². The van der Waals surface area contributed by atoms with E-state index in [0.717, 1.165) is 16.9 Å². The number of rotatable bonds is 6. The molecule has 0 saturated carbocycles. The van der Waals surface area contributed by atoms with Crippen molar-refractivity contribution < 1.29 is 14.6 Å². The predicted molar refractivity (Wildman–Crippen MR) is 74.8 cm³/mol.